The summed E-state index contributed by atoms with van der Waals surface area (Å²) in [6.07, 6.45) is 5.31. The van der Waals surface area contributed by atoms with Gasteiger partial charge in [-0.1, -0.05) is 23.7 Å². The lowest BCUT2D eigenvalue weighted by atomic mass is 10.2. The van der Waals surface area contributed by atoms with Crippen LogP contribution in [-0.2, 0) is 13.3 Å². The second kappa shape index (κ2) is 9.67. The van der Waals surface area contributed by atoms with Gasteiger partial charge in [0.15, 0.2) is 12.4 Å². The van der Waals surface area contributed by atoms with E-state index in [9.17, 15) is 4.79 Å². The topological polar surface area (TPSA) is 74.0 Å². The highest BCUT2D eigenvalue weighted by Crippen LogP contribution is 2.28. The van der Waals surface area contributed by atoms with Crippen molar-refractivity contribution in [2.45, 2.75) is 13.3 Å². The first-order chi connectivity index (χ1) is 15.0. The minimum Gasteiger partial charge on any atom is -0.470 e. The molecule has 0 unspecified atom stereocenters. The van der Waals surface area contributed by atoms with Gasteiger partial charge in [0.1, 0.15) is 5.75 Å². The molecule has 1 N–H and O–H groups in total. The zero-order valence-corrected chi connectivity index (χ0v) is 19.9. The number of hydrogen-bond acceptors (Lipinski definition) is 4. The number of amides is 1. The van der Waals surface area contributed by atoms with Crippen LogP contribution in [0, 0.1) is 0 Å². The fourth-order valence-corrected chi connectivity index (χ4v) is 3.96. The van der Waals surface area contributed by atoms with Crippen molar-refractivity contribution in [1.82, 2.24) is 19.6 Å². The number of halogens is 3. The van der Waals surface area contributed by atoms with Gasteiger partial charge in [0.05, 0.1) is 21.7 Å². The molecular formula is C21H16Br2ClN5O2. The van der Waals surface area contributed by atoms with E-state index in [2.05, 4.69) is 47.4 Å². The Morgan fingerprint density at radius 1 is 1.13 bits per heavy atom. The maximum Gasteiger partial charge on any atom is 0.276 e. The summed E-state index contributed by atoms with van der Waals surface area (Å²) in [5.41, 5.74) is 1.99. The average Bonchev–Trinajstić information content (AvgIpc) is 3.37. The normalized spacial score (nSPS) is 10.8. The molecular weight excluding hydrogens is 550 g/mol. The summed E-state index contributed by atoms with van der Waals surface area (Å²) in [4.78, 5) is 12.6. The van der Waals surface area contributed by atoms with Crippen molar-refractivity contribution in [3.05, 3.63) is 92.3 Å². The van der Waals surface area contributed by atoms with Crippen LogP contribution in [0.15, 0.2) is 76.1 Å². The first-order valence-corrected chi connectivity index (χ1v) is 11.1. The van der Waals surface area contributed by atoms with E-state index in [1.807, 2.05) is 35.1 Å². The van der Waals surface area contributed by atoms with E-state index in [1.54, 1.807) is 41.3 Å². The van der Waals surface area contributed by atoms with Crippen LogP contribution in [0.5, 0.6) is 5.75 Å². The number of carbonyl (C=O) groups excluding carboxylic acids is 1. The van der Waals surface area contributed by atoms with Crippen LogP contribution in [0.3, 0.4) is 0 Å². The fraction of sp³-hybridized carbons (Fsp3) is 0.0952. The molecule has 2 aromatic heterocycles. The molecule has 4 rings (SSSR count). The van der Waals surface area contributed by atoms with Gasteiger partial charge >= 0.3 is 0 Å². The number of hydrogen-bond donors (Lipinski definition) is 1. The van der Waals surface area contributed by atoms with E-state index < -0.39 is 0 Å². The van der Waals surface area contributed by atoms with Crippen molar-refractivity contribution in [3.63, 3.8) is 0 Å². The summed E-state index contributed by atoms with van der Waals surface area (Å²) >= 11 is 12.7. The Kier molecular flexibility index (Phi) is 6.74. The van der Waals surface area contributed by atoms with Crippen LogP contribution in [0.1, 0.15) is 16.1 Å². The molecule has 2 heterocycles. The maximum atomic E-state index is 12.6. The minimum atomic E-state index is -0.301. The van der Waals surface area contributed by atoms with Gasteiger partial charge in [-0.3, -0.25) is 9.48 Å². The second-order valence-electron chi connectivity index (χ2n) is 6.60. The first-order valence-electron chi connectivity index (χ1n) is 9.16. The van der Waals surface area contributed by atoms with Gasteiger partial charge in [-0.2, -0.15) is 10.2 Å². The smallest absolute Gasteiger partial charge is 0.276 e. The van der Waals surface area contributed by atoms with Crippen LogP contribution < -0.4 is 10.1 Å². The number of benzene rings is 2. The summed E-state index contributed by atoms with van der Waals surface area (Å²) < 4.78 is 10.7. The summed E-state index contributed by atoms with van der Waals surface area (Å²) in [5.74, 6) is 0.331. The van der Waals surface area contributed by atoms with Gasteiger partial charge in [-0.25, -0.2) is 4.68 Å². The minimum absolute atomic E-state index is 0.155. The van der Waals surface area contributed by atoms with E-state index in [-0.39, 0.29) is 12.6 Å². The summed E-state index contributed by atoms with van der Waals surface area (Å²) in [7, 11) is 0. The molecule has 1 amide bonds. The lowest BCUT2D eigenvalue weighted by molar-refractivity contribution is 0.102. The molecule has 0 spiro atoms. The van der Waals surface area contributed by atoms with Crippen LogP contribution >= 0.6 is 43.5 Å². The predicted molar refractivity (Wildman–Crippen MR) is 125 cm³/mol. The zero-order chi connectivity index (χ0) is 21.8. The molecule has 0 atom stereocenters. The van der Waals surface area contributed by atoms with Crippen molar-refractivity contribution >= 4 is 55.1 Å². The van der Waals surface area contributed by atoms with E-state index in [1.165, 1.54) is 0 Å². The highest BCUT2D eigenvalue weighted by Gasteiger charge is 2.11. The van der Waals surface area contributed by atoms with Gasteiger partial charge in [-0.15, -0.1) is 0 Å². The lowest BCUT2D eigenvalue weighted by Crippen LogP contribution is -2.14. The summed E-state index contributed by atoms with van der Waals surface area (Å²) in [5, 5.41) is 12.0. The van der Waals surface area contributed by atoms with Gasteiger partial charge in [0.25, 0.3) is 5.91 Å². The molecule has 0 aliphatic heterocycles. The Bertz CT molecular complexity index is 1220. The quantitative estimate of drug-likeness (QED) is 0.317. The van der Waals surface area contributed by atoms with Gasteiger partial charge < -0.3 is 10.1 Å². The summed E-state index contributed by atoms with van der Waals surface area (Å²) in [6.45, 7) is 0.754. The third-order valence-corrected chi connectivity index (χ3v) is 5.52. The number of nitrogens with one attached hydrogen (secondary N) is 1. The zero-order valence-electron chi connectivity index (χ0n) is 16.0. The number of ether oxygens (including phenoxy) is 1. The molecule has 0 radical (unpaired) electrons. The second-order valence-corrected chi connectivity index (χ2v) is 8.81. The molecule has 158 valence electrons. The van der Waals surface area contributed by atoms with Crippen LogP contribution in [0.2, 0.25) is 5.02 Å². The van der Waals surface area contributed by atoms with Crippen molar-refractivity contribution in [2.24, 2.45) is 0 Å². The molecule has 0 saturated carbocycles. The van der Waals surface area contributed by atoms with E-state index >= 15 is 0 Å². The SMILES string of the molecule is O=C(Nc1cccc(Cn2cc(Br)cn2)c1)c1ccn(COc2ccc(Cl)cc2Br)n1. The van der Waals surface area contributed by atoms with Crippen LogP contribution in [0.25, 0.3) is 0 Å². The Hall–Kier alpha value is -2.62. The average molecular weight is 566 g/mol. The molecule has 0 fully saturated rings. The predicted octanol–water partition coefficient (Wildman–Crippen LogP) is 5.60. The van der Waals surface area contributed by atoms with Crippen molar-refractivity contribution < 1.29 is 9.53 Å². The van der Waals surface area contributed by atoms with E-state index in [0.717, 1.165) is 14.5 Å². The first kappa shape index (κ1) is 21.6. The Morgan fingerprint density at radius 2 is 2.00 bits per heavy atom. The van der Waals surface area contributed by atoms with Gasteiger partial charge in [0.2, 0.25) is 0 Å². The largest absolute Gasteiger partial charge is 0.470 e. The Balaban J connectivity index is 1.37. The van der Waals surface area contributed by atoms with Gasteiger partial charge in [-0.05, 0) is 73.8 Å². The molecule has 0 saturated heterocycles. The molecule has 7 nitrogen and oxygen atoms in total. The highest BCUT2D eigenvalue weighted by molar-refractivity contribution is 9.10. The van der Waals surface area contributed by atoms with E-state index in [0.29, 0.717) is 28.7 Å². The molecule has 0 bridgehead atoms. The molecule has 31 heavy (non-hydrogen) atoms. The van der Waals surface area contributed by atoms with Crippen LogP contribution in [-0.4, -0.2) is 25.5 Å². The number of aromatic nitrogens is 4. The Labute approximate surface area is 200 Å². The van der Waals surface area contributed by atoms with Crippen molar-refractivity contribution in [1.29, 1.82) is 0 Å². The number of rotatable bonds is 7. The molecule has 0 aliphatic rings. The number of nitrogens with zero attached hydrogens (tertiary/aromatic N) is 4. The third-order valence-electron chi connectivity index (χ3n) is 4.25. The van der Waals surface area contributed by atoms with Crippen LogP contribution in [0.4, 0.5) is 5.69 Å². The Morgan fingerprint density at radius 3 is 2.77 bits per heavy atom. The lowest BCUT2D eigenvalue weighted by Gasteiger charge is -2.08. The standard InChI is InChI=1S/C21H16Br2ClN5O2/c22-15-10-25-29(12-15)11-14-2-1-3-17(8-14)26-21(30)19-6-7-28(27-19)13-31-20-5-4-16(24)9-18(20)23/h1-10,12H,11,13H2,(H,26,30). The maximum absolute atomic E-state index is 12.6. The van der Waals surface area contributed by atoms with Crippen molar-refractivity contribution in [3.8, 4) is 5.75 Å². The van der Waals surface area contributed by atoms with E-state index in [4.69, 9.17) is 16.3 Å². The van der Waals surface area contributed by atoms with Gasteiger partial charge in [0, 0.05) is 23.1 Å². The fourth-order valence-electron chi connectivity index (χ4n) is 2.84. The molecule has 10 heteroatoms. The van der Waals surface area contributed by atoms with Crippen molar-refractivity contribution in [2.75, 3.05) is 5.32 Å². The molecule has 0 aliphatic carbocycles. The monoisotopic (exact) mass is 563 g/mol. The third kappa shape index (κ3) is 5.75. The molecule has 4 aromatic rings. The number of anilines is 1. The summed E-state index contributed by atoms with van der Waals surface area (Å²) in [6, 6.07) is 14.5. The highest BCUT2D eigenvalue weighted by atomic mass is 79.9. The number of carbonyl (C=O) groups is 1. The molecule has 2 aromatic carbocycles.